The standard InChI is InChI=1S/C14H19BrN4O2/c1-19-10-17-14(18-19)6-7-16-8-12(20)9-21-13-4-2-11(15)3-5-13/h2-5,10,12,16,20H,6-9H2,1H3. The first-order valence-electron chi connectivity index (χ1n) is 6.75. The molecular formula is C14H19BrN4O2. The van der Waals surface area contributed by atoms with Gasteiger partial charge in [-0.3, -0.25) is 4.68 Å². The predicted octanol–water partition coefficient (Wildman–Crippen LogP) is 1.15. The molecule has 0 spiro atoms. The highest BCUT2D eigenvalue weighted by molar-refractivity contribution is 9.10. The van der Waals surface area contributed by atoms with Crippen molar-refractivity contribution in [3.63, 3.8) is 0 Å². The summed E-state index contributed by atoms with van der Waals surface area (Å²) in [6, 6.07) is 7.52. The van der Waals surface area contributed by atoms with Crippen molar-refractivity contribution in [1.82, 2.24) is 20.1 Å². The van der Waals surface area contributed by atoms with Crippen molar-refractivity contribution in [1.29, 1.82) is 0 Å². The van der Waals surface area contributed by atoms with Gasteiger partial charge in [0.15, 0.2) is 5.82 Å². The normalized spacial score (nSPS) is 12.3. The van der Waals surface area contributed by atoms with Gasteiger partial charge in [-0.2, -0.15) is 5.10 Å². The number of nitrogens with one attached hydrogen (secondary N) is 1. The Hall–Kier alpha value is -1.44. The predicted molar refractivity (Wildman–Crippen MR) is 83.2 cm³/mol. The van der Waals surface area contributed by atoms with Gasteiger partial charge < -0.3 is 15.2 Å². The van der Waals surface area contributed by atoms with Crippen LogP contribution in [0.25, 0.3) is 0 Å². The van der Waals surface area contributed by atoms with Gasteiger partial charge in [0.2, 0.25) is 0 Å². The maximum Gasteiger partial charge on any atom is 0.151 e. The Morgan fingerprint density at radius 3 is 2.81 bits per heavy atom. The molecule has 1 unspecified atom stereocenters. The summed E-state index contributed by atoms with van der Waals surface area (Å²) in [5, 5.41) is 17.2. The van der Waals surface area contributed by atoms with Crippen molar-refractivity contribution < 1.29 is 9.84 Å². The van der Waals surface area contributed by atoms with E-state index in [-0.39, 0.29) is 6.61 Å². The highest BCUT2D eigenvalue weighted by Gasteiger charge is 2.05. The van der Waals surface area contributed by atoms with Crippen molar-refractivity contribution in [3.8, 4) is 5.75 Å². The quantitative estimate of drug-likeness (QED) is 0.695. The highest BCUT2D eigenvalue weighted by Crippen LogP contribution is 2.16. The van der Waals surface area contributed by atoms with Crippen LogP contribution in [0.4, 0.5) is 0 Å². The molecular weight excluding hydrogens is 336 g/mol. The fourth-order valence-electron chi connectivity index (χ4n) is 1.75. The molecule has 2 rings (SSSR count). The van der Waals surface area contributed by atoms with Gasteiger partial charge in [0.1, 0.15) is 24.8 Å². The third-order valence-electron chi connectivity index (χ3n) is 2.81. The van der Waals surface area contributed by atoms with Crippen LogP contribution in [-0.2, 0) is 13.5 Å². The molecule has 0 saturated carbocycles. The van der Waals surface area contributed by atoms with Crippen molar-refractivity contribution >= 4 is 15.9 Å². The van der Waals surface area contributed by atoms with Crippen molar-refractivity contribution in [2.24, 2.45) is 7.05 Å². The molecule has 6 nitrogen and oxygen atoms in total. The molecule has 0 fully saturated rings. The summed E-state index contributed by atoms with van der Waals surface area (Å²) < 4.78 is 8.18. The van der Waals surface area contributed by atoms with E-state index in [0.29, 0.717) is 6.54 Å². The molecule has 114 valence electrons. The van der Waals surface area contributed by atoms with Crippen LogP contribution in [0.15, 0.2) is 35.1 Å². The smallest absolute Gasteiger partial charge is 0.151 e. The minimum atomic E-state index is -0.551. The number of halogens is 1. The summed E-state index contributed by atoms with van der Waals surface area (Å²) in [7, 11) is 1.84. The maximum absolute atomic E-state index is 9.83. The topological polar surface area (TPSA) is 72.2 Å². The molecule has 2 aromatic rings. The van der Waals surface area contributed by atoms with E-state index in [0.717, 1.165) is 29.0 Å². The number of aromatic nitrogens is 3. The van der Waals surface area contributed by atoms with E-state index in [9.17, 15) is 5.11 Å². The fourth-order valence-corrected chi connectivity index (χ4v) is 2.01. The lowest BCUT2D eigenvalue weighted by molar-refractivity contribution is 0.106. The summed E-state index contributed by atoms with van der Waals surface area (Å²) in [6.07, 6.45) is 1.86. The molecule has 7 heteroatoms. The lowest BCUT2D eigenvalue weighted by Crippen LogP contribution is -2.32. The Morgan fingerprint density at radius 1 is 1.38 bits per heavy atom. The minimum absolute atomic E-state index is 0.260. The maximum atomic E-state index is 9.83. The monoisotopic (exact) mass is 354 g/mol. The molecule has 1 aromatic carbocycles. The Balaban J connectivity index is 1.59. The summed E-state index contributed by atoms with van der Waals surface area (Å²) in [4.78, 5) is 4.14. The molecule has 1 heterocycles. The number of hydrogen-bond donors (Lipinski definition) is 2. The minimum Gasteiger partial charge on any atom is -0.491 e. The lowest BCUT2D eigenvalue weighted by atomic mass is 10.3. The Labute approximate surface area is 132 Å². The van der Waals surface area contributed by atoms with Crippen molar-refractivity contribution in [3.05, 3.63) is 40.9 Å². The Bertz CT molecular complexity index is 544. The van der Waals surface area contributed by atoms with Gasteiger partial charge >= 0.3 is 0 Å². The summed E-state index contributed by atoms with van der Waals surface area (Å²) >= 11 is 3.36. The molecule has 0 aliphatic heterocycles. The molecule has 0 saturated heterocycles. The van der Waals surface area contributed by atoms with Crippen LogP contribution in [0.2, 0.25) is 0 Å². The lowest BCUT2D eigenvalue weighted by Gasteiger charge is -2.13. The summed E-state index contributed by atoms with van der Waals surface area (Å²) in [6.45, 7) is 1.46. The third kappa shape index (κ3) is 5.82. The van der Waals surface area contributed by atoms with Crippen LogP contribution < -0.4 is 10.1 Å². The van der Waals surface area contributed by atoms with Crippen LogP contribution in [-0.4, -0.2) is 45.7 Å². The van der Waals surface area contributed by atoms with Gasteiger partial charge in [0.05, 0.1) is 0 Å². The number of nitrogens with zero attached hydrogens (tertiary/aromatic N) is 3. The van der Waals surface area contributed by atoms with E-state index in [1.165, 1.54) is 0 Å². The second-order valence-electron chi connectivity index (χ2n) is 4.71. The average Bonchev–Trinajstić information content (AvgIpc) is 2.89. The van der Waals surface area contributed by atoms with Crippen LogP contribution >= 0.6 is 15.9 Å². The molecule has 1 aromatic heterocycles. The number of hydrogen-bond acceptors (Lipinski definition) is 5. The average molecular weight is 355 g/mol. The summed E-state index contributed by atoms with van der Waals surface area (Å²) in [5.74, 6) is 1.54. The van der Waals surface area contributed by atoms with Crippen LogP contribution in [0, 0.1) is 0 Å². The van der Waals surface area contributed by atoms with Crippen LogP contribution in [0.1, 0.15) is 5.82 Å². The molecule has 0 aliphatic rings. The van der Waals surface area contributed by atoms with Gasteiger partial charge in [-0.1, -0.05) is 15.9 Å². The SMILES string of the molecule is Cn1cnc(CCNCC(O)COc2ccc(Br)cc2)n1. The molecule has 0 bridgehead atoms. The number of aryl methyl sites for hydroxylation is 1. The zero-order valence-electron chi connectivity index (χ0n) is 11.9. The molecule has 2 N–H and O–H groups in total. The molecule has 1 atom stereocenters. The number of aliphatic hydroxyl groups is 1. The second kappa shape index (κ2) is 8.11. The van der Waals surface area contributed by atoms with E-state index in [1.807, 2.05) is 31.3 Å². The van der Waals surface area contributed by atoms with Gasteiger partial charge in [0.25, 0.3) is 0 Å². The van der Waals surface area contributed by atoms with Gasteiger partial charge in [-0.05, 0) is 24.3 Å². The van der Waals surface area contributed by atoms with Gasteiger partial charge in [-0.25, -0.2) is 4.98 Å². The zero-order chi connectivity index (χ0) is 15.1. The van der Waals surface area contributed by atoms with E-state index in [4.69, 9.17) is 4.74 Å². The molecule has 0 amide bonds. The van der Waals surface area contributed by atoms with Gasteiger partial charge in [-0.15, -0.1) is 0 Å². The van der Waals surface area contributed by atoms with Crippen LogP contribution in [0.5, 0.6) is 5.75 Å². The molecule has 0 radical (unpaired) electrons. The first kappa shape index (κ1) is 15.9. The van der Waals surface area contributed by atoms with E-state index >= 15 is 0 Å². The third-order valence-corrected chi connectivity index (χ3v) is 3.34. The number of benzene rings is 1. The second-order valence-corrected chi connectivity index (χ2v) is 5.62. The zero-order valence-corrected chi connectivity index (χ0v) is 13.5. The largest absolute Gasteiger partial charge is 0.491 e. The van der Waals surface area contributed by atoms with E-state index < -0.39 is 6.10 Å². The van der Waals surface area contributed by atoms with Crippen LogP contribution in [0.3, 0.4) is 0 Å². The van der Waals surface area contributed by atoms with Crippen molar-refractivity contribution in [2.75, 3.05) is 19.7 Å². The first-order chi connectivity index (χ1) is 10.1. The van der Waals surface area contributed by atoms with E-state index in [1.54, 1.807) is 11.0 Å². The fraction of sp³-hybridized carbons (Fsp3) is 0.429. The molecule has 0 aliphatic carbocycles. The van der Waals surface area contributed by atoms with Gasteiger partial charge in [0, 0.05) is 31.0 Å². The highest BCUT2D eigenvalue weighted by atomic mass is 79.9. The Kier molecular flexibility index (Phi) is 6.16. The van der Waals surface area contributed by atoms with Crippen molar-refractivity contribution in [2.45, 2.75) is 12.5 Å². The number of rotatable bonds is 8. The van der Waals surface area contributed by atoms with E-state index in [2.05, 4.69) is 31.3 Å². The number of ether oxygens (including phenoxy) is 1. The Morgan fingerprint density at radius 2 is 2.14 bits per heavy atom. The number of aliphatic hydroxyl groups excluding tert-OH is 1. The molecule has 21 heavy (non-hydrogen) atoms. The summed E-state index contributed by atoms with van der Waals surface area (Å²) in [5.41, 5.74) is 0. The first-order valence-corrected chi connectivity index (χ1v) is 7.54.